The highest BCUT2D eigenvalue weighted by Gasteiger charge is 2.28. The molecule has 1 unspecified atom stereocenters. The molecule has 1 heterocycles. The number of aromatic nitrogens is 2. The average Bonchev–Trinajstić information content (AvgIpc) is 3.24. The molecular weight excluding hydrogens is 316 g/mol. The lowest BCUT2D eigenvalue weighted by molar-refractivity contribution is -0.118. The molecule has 3 N–H and O–H groups in total. The average molecular weight is 346 g/mol. The summed E-state index contributed by atoms with van der Waals surface area (Å²) in [5.41, 5.74) is 7.02. The molecular formula is C19H30N4O2. The van der Waals surface area contributed by atoms with Gasteiger partial charge in [0.15, 0.2) is 0 Å². The Kier molecular flexibility index (Phi) is 5.76. The summed E-state index contributed by atoms with van der Waals surface area (Å²) in [5.74, 6) is 0.323. The lowest BCUT2D eigenvalue weighted by atomic mass is 9.82. The second-order valence-corrected chi connectivity index (χ2v) is 7.71. The molecule has 6 nitrogen and oxygen atoms in total. The molecule has 0 bridgehead atoms. The van der Waals surface area contributed by atoms with Crippen LogP contribution in [0.4, 0.5) is 0 Å². The Hall–Kier alpha value is -1.85. The van der Waals surface area contributed by atoms with E-state index in [9.17, 15) is 9.59 Å². The molecule has 1 aromatic heterocycles. The molecule has 0 aliphatic heterocycles. The summed E-state index contributed by atoms with van der Waals surface area (Å²) in [7, 11) is 1.82. The highest BCUT2D eigenvalue weighted by atomic mass is 16.2. The van der Waals surface area contributed by atoms with Gasteiger partial charge >= 0.3 is 0 Å². The molecule has 3 rings (SSSR count). The van der Waals surface area contributed by atoms with Gasteiger partial charge in [-0.05, 0) is 37.7 Å². The van der Waals surface area contributed by atoms with Crippen LogP contribution < -0.4 is 11.1 Å². The minimum absolute atomic E-state index is 0.143. The van der Waals surface area contributed by atoms with Gasteiger partial charge in [0.2, 0.25) is 5.91 Å². The maximum atomic E-state index is 12.8. The molecule has 2 aliphatic rings. The fraction of sp³-hybridized carbons (Fsp3) is 0.737. The topological polar surface area (TPSA) is 90.0 Å². The molecule has 1 atom stereocenters. The maximum absolute atomic E-state index is 12.8. The summed E-state index contributed by atoms with van der Waals surface area (Å²) in [6, 6.07) is 1.75. The Labute approximate surface area is 149 Å². The maximum Gasteiger partial charge on any atom is 0.269 e. The van der Waals surface area contributed by atoms with Gasteiger partial charge in [0.25, 0.3) is 5.91 Å². The van der Waals surface area contributed by atoms with Crippen LogP contribution in [0.3, 0.4) is 0 Å². The molecule has 2 amide bonds. The van der Waals surface area contributed by atoms with Gasteiger partial charge in [0.05, 0.1) is 5.69 Å². The van der Waals surface area contributed by atoms with Gasteiger partial charge in [-0.25, -0.2) is 0 Å². The van der Waals surface area contributed by atoms with Crippen LogP contribution in [0.25, 0.3) is 0 Å². The zero-order chi connectivity index (χ0) is 17.8. The fourth-order valence-electron chi connectivity index (χ4n) is 4.45. The number of carbonyl (C=O) groups excluding carboxylic acids is 2. The first-order chi connectivity index (χ1) is 12.0. The SMILES string of the molecule is Cn1nc(C2CCCC2)cc1C(=O)NC(CC(N)=O)C1CCCCC1. The van der Waals surface area contributed by atoms with Crippen LogP contribution in [-0.2, 0) is 11.8 Å². The van der Waals surface area contributed by atoms with Crippen LogP contribution in [0.2, 0.25) is 0 Å². The van der Waals surface area contributed by atoms with Crippen molar-refractivity contribution in [1.82, 2.24) is 15.1 Å². The third kappa shape index (κ3) is 4.41. The standard InChI is InChI=1S/C19H30N4O2/c1-23-17(11-16(22-23)14-9-5-6-10-14)19(25)21-15(12-18(20)24)13-7-3-2-4-8-13/h11,13-15H,2-10,12H2,1H3,(H2,20,24)(H,21,25). The lowest BCUT2D eigenvalue weighted by Crippen LogP contribution is -2.44. The van der Waals surface area contributed by atoms with Crippen molar-refractivity contribution < 1.29 is 9.59 Å². The van der Waals surface area contributed by atoms with E-state index in [1.54, 1.807) is 4.68 Å². The van der Waals surface area contributed by atoms with Crippen molar-refractivity contribution in [2.45, 2.75) is 76.2 Å². The van der Waals surface area contributed by atoms with E-state index < -0.39 is 0 Å². The minimum Gasteiger partial charge on any atom is -0.370 e. The first-order valence-electron chi connectivity index (χ1n) is 9.67. The Morgan fingerprint density at radius 1 is 1.20 bits per heavy atom. The zero-order valence-electron chi connectivity index (χ0n) is 15.2. The number of carbonyl (C=O) groups is 2. The number of nitrogens with zero attached hydrogens (tertiary/aromatic N) is 2. The van der Waals surface area contributed by atoms with Crippen molar-refractivity contribution in [3.8, 4) is 0 Å². The highest BCUT2D eigenvalue weighted by Crippen LogP contribution is 2.33. The number of amides is 2. The first-order valence-corrected chi connectivity index (χ1v) is 9.67. The number of rotatable bonds is 6. The van der Waals surface area contributed by atoms with Gasteiger partial charge in [-0.1, -0.05) is 32.1 Å². The van der Waals surface area contributed by atoms with E-state index in [2.05, 4.69) is 10.4 Å². The number of hydrogen-bond donors (Lipinski definition) is 2. The Morgan fingerprint density at radius 3 is 2.48 bits per heavy atom. The molecule has 2 saturated carbocycles. The van der Waals surface area contributed by atoms with E-state index in [0.717, 1.165) is 44.2 Å². The largest absolute Gasteiger partial charge is 0.370 e. The molecule has 138 valence electrons. The van der Waals surface area contributed by atoms with Crippen molar-refractivity contribution in [3.63, 3.8) is 0 Å². The summed E-state index contributed by atoms with van der Waals surface area (Å²) in [5, 5.41) is 7.64. The highest BCUT2D eigenvalue weighted by molar-refractivity contribution is 5.93. The van der Waals surface area contributed by atoms with Crippen LogP contribution in [-0.4, -0.2) is 27.6 Å². The number of nitrogens with one attached hydrogen (secondary N) is 1. The normalized spacial score (nSPS) is 20.5. The van der Waals surface area contributed by atoms with E-state index in [1.807, 2.05) is 13.1 Å². The third-order valence-electron chi connectivity index (χ3n) is 5.86. The number of primary amides is 1. The molecule has 0 radical (unpaired) electrons. The molecule has 0 aromatic carbocycles. The zero-order valence-corrected chi connectivity index (χ0v) is 15.2. The van der Waals surface area contributed by atoms with Crippen LogP contribution in [0.5, 0.6) is 0 Å². The second-order valence-electron chi connectivity index (χ2n) is 7.71. The predicted molar refractivity (Wildman–Crippen MR) is 96.1 cm³/mol. The summed E-state index contributed by atoms with van der Waals surface area (Å²) in [4.78, 5) is 24.3. The van der Waals surface area contributed by atoms with E-state index >= 15 is 0 Å². The molecule has 0 spiro atoms. The van der Waals surface area contributed by atoms with Crippen LogP contribution in [0.15, 0.2) is 6.07 Å². The Morgan fingerprint density at radius 2 is 1.84 bits per heavy atom. The number of aryl methyl sites for hydroxylation is 1. The monoisotopic (exact) mass is 346 g/mol. The van der Waals surface area contributed by atoms with Gasteiger partial charge in [-0.3, -0.25) is 14.3 Å². The van der Waals surface area contributed by atoms with Gasteiger partial charge in [0, 0.05) is 25.4 Å². The minimum atomic E-state index is -0.354. The summed E-state index contributed by atoms with van der Waals surface area (Å²) < 4.78 is 1.67. The van der Waals surface area contributed by atoms with Gasteiger partial charge in [-0.2, -0.15) is 5.10 Å². The second kappa shape index (κ2) is 8.02. The van der Waals surface area contributed by atoms with E-state index in [-0.39, 0.29) is 24.3 Å². The van der Waals surface area contributed by atoms with E-state index in [1.165, 1.54) is 19.3 Å². The first kappa shape index (κ1) is 18.0. The van der Waals surface area contributed by atoms with Crippen molar-refractivity contribution in [1.29, 1.82) is 0 Å². The predicted octanol–water partition coefficient (Wildman–Crippen LogP) is 2.63. The quantitative estimate of drug-likeness (QED) is 0.829. The van der Waals surface area contributed by atoms with Crippen molar-refractivity contribution >= 4 is 11.8 Å². The van der Waals surface area contributed by atoms with Crippen LogP contribution in [0.1, 0.15) is 86.3 Å². The molecule has 2 fully saturated rings. The molecule has 25 heavy (non-hydrogen) atoms. The van der Waals surface area contributed by atoms with Crippen LogP contribution >= 0.6 is 0 Å². The molecule has 1 aromatic rings. The van der Waals surface area contributed by atoms with Crippen molar-refractivity contribution in [2.24, 2.45) is 18.7 Å². The van der Waals surface area contributed by atoms with E-state index in [4.69, 9.17) is 5.73 Å². The summed E-state index contributed by atoms with van der Waals surface area (Å²) in [6.45, 7) is 0. The molecule has 0 saturated heterocycles. The smallest absolute Gasteiger partial charge is 0.269 e. The molecule has 2 aliphatic carbocycles. The van der Waals surface area contributed by atoms with E-state index in [0.29, 0.717) is 17.5 Å². The summed E-state index contributed by atoms with van der Waals surface area (Å²) in [6.07, 6.45) is 10.7. The Balaban J connectivity index is 1.70. The van der Waals surface area contributed by atoms with Crippen LogP contribution in [0, 0.1) is 5.92 Å². The number of nitrogens with two attached hydrogens (primary N) is 1. The third-order valence-corrected chi connectivity index (χ3v) is 5.86. The number of hydrogen-bond acceptors (Lipinski definition) is 3. The fourth-order valence-corrected chi connectivity index (χ4v) is 4.45. The van der Waals surface area contributed by atoms with Gasteiger partial charge in [0.1, 0.15) is 5.69 Å². The summed E-state index contributed by atoms with van der Waals surface area (Å²) >= 11 is 0. The lowest BCUT2D eigenvalue weighted by Gasteiger charge is -2.30. The van der Waals surface area contributed by atoms with Crippen molar-refractivity contribution in [3.05, 3.63) is 17.5 Å². The van der Waals surface area contributed by atoms with Gasteiger partial charge < -0.3 is 11.1 Å². The molecule has 6 heteroatoms. The van der Waals surface area contributed by atoms with Gasteiger partial charge in [-0.15, -0.1) is 0 Å². The van der Waals surface area contributed by atoms with Crippen molar-refractivity contribution in [2.75, 3.05) is 0 Å². The Bertz CT molecular complexity index is 613.